The predicted molar refractivity (Wildman–Crippen MR) is 71.4 cm³/mol. The van der Waals surface area contributed by atoms with E-state index in [2.05, 4.69) is 16.8 Å². The largest absolute Gasteiger partial charge is 0.381 e. The van der Waals surface area contributed by atoms with Crippen LogP contribution in [-0.2, 0) is 4.74 Å². The molecule has 17 heavy (non-hydrogen) atoms. The number of rotatable bonds is 2. The van der Waals surface area contributed by atoms with Crippen LogP contribution < -0.4 is 0 Å². The molecule has 0 aromatic heterocycles. The molecule has 2 heterocycles. The van der Waals surface area contributed by atoms with E-state index in [1.54, 1.807) is 0 Å². The molecule has 0 aromatic rings. The van der Waals surface area contributed by atoms with Crippen LogP contribution in [0.5, 0.6) is 0 Å². The lowest BCUT2D eigenvalue weighted by Crippen LogP contribution is -2.45. The fraction of sp³-hybridized carbons (Fsp3) is 1.00. The summed E-state index contributed by atoms with van der Waals surface area (Å²) < 4.78 is 5.50. The van der Waals surface area contributed by atoms with Crippen LogP contribution in [-0.4, -0.2) is 62.3 Å². The maximum Gasteiger partial charge on any atom is 0.0572 e. The maximum atomic E-state index is 5.50. The Morgan fingerprint density at radius 2 is 1.47 bits per heavy atom. The van der Waals surface area contributed by atoms with E-state index in [0.717, 1.165) is 6.04 Å². The van der Waals surface area contributed by atoms with Crippen LogP contribution in [0.1, 0.15) is 38.5 Å². The fourth-order valence-electron chi connectivity index (χ4n) is 3.26. The Labute approximate surface area is 106 Å². The molecular weight excluding hydrogens is 212 g/mol. The first-order chi connectivity index (χ1) is 8.29. The highest BCUT2D eigenvalue weighted by molar-refractivity contribution is 4.80. The molecule has 2 fully saturated rings. The van der Waals surface area contributed by atoms with E-state index in [9.17, 15) is 0 Å². The molecule has 0 aromatic carbocycles. The van der Waals surface area contributed by atoms with Gasteiger partial charge >= 0.3 is 0 Å². The van der Waals surface area contributed by atoms with Crippen molar-refractivity contribution in [1.82, 2.24) is 9.80 Å². The molecule has 3 nitrogen and oxygen atoms in total. The summed E-state index contributed by atoms with van der Waals surface area (Å²) in [5.41, 5.74) is 0. The summed E-state index contributed by atoms with van der Waals surface area (Å²) in [6, 6.07) is 0.852. The van der Waals surface area contributed by atoms with Crippen molar-refractivity contribution in [3.63, 3.8) is 0 Å². The van der Waals surface area contributed by atoms with E-state index in [1.165, 1.54) is 64.7 Å². The summed E-state index contributed by atoms with van der Waals surface area (Å²) in [6.45, 7) is 5.13. The summed E-state index contributed by atoms with van der Waals surface area (Å²) >= 11 is 0. The SMILES string of the molecule is COC1CCCN(C2CCN(C)CC2)CCC1. The Hall–Kier alpha value is -0.120. The average molecular weight is 240 g/mol. The molecule has 0 spiro atoms. The van der Waals surface area contributed by atoms with Crippen LogP contribution in [0.2, 0.25) is 0 Å². The van der Waals surface area contributed by atoms with E-state index >= 15 is 0 Å². The molecule has 0 aliphatic carbocycles. The van der Waals surface area contributed by atoms with Gasteiger partial charge < -0.3 is 14.5 Å². The van der Waals surface area contributed by atoms with Gasteiger partial charge in [0.2, 0.25) is 0 Å². The molecular formula is C14H28N2O. The number of methoxy groups -OCH3 is 1. The van der Waals surface area contributed by atoms with Crippen LogP contribution in [0.4, 0.5) is 0 Å². The molecule has 0 bridgehead atoms. The summed E-state index contributed by atoms with van der Waals surface area (Å²) in [5, 5.41) is 0. The van der Waals surface area contributed by atoms with Crippen LogP contribution in [0.3, 0.4) is 0 Å². The summed E-state index contributed by atoms with van der Waals surface area (Å²) in [5.74, 6) is 0. The van der Waals surface area contributed by atoms with Gasteiger partial charge in [0.05, 0.1) is 6.10 Å². The molecule has 0 atom stereocenters. The topological polar surface area (TPSA) is 15.7 Å². The zero-order chi connectivity index (χ0) is 12.1. The van der Waals surface area contributed by atoms with E-state index in [1.807, 2.05) is 7.11 Å². The lowest BCUT2D eigenvalue weighted by atomic mass is 9.99. The van der Waals surface area contributed by atoms with Crippen LogP contribution in [0.15, 0.2) is 0 Å². The number of hydrogen-bond donors (Lipinski definition) is 0. The predicted octanol–water partition coefficient (Wildman–Crippen LogP) is 1.97. The van der Waals surface area contributed by atoms with E-state index < -0.39 is 0 Å². The van der Waals surface area contributed by atoms with Crippen LogP contribution >= 0.6 is 0 Å². The quantitative estimate of drug-likeness (QED) is 0.734. The van der Waals surface area contributed by atoms with Crippen molar-refractivity contribution >= 4 is 0 Å². The third-order valence-corrected chi connectivity index (χ3v) is 4.48. The zero-order valence-corrected chi connectivity index (χ0v) is 11.5. The van der Waals surface area contributed by atoms with Gasteiger partial charge in [-0.15, -0.1) is 0 Å². The van der Waals surface area contributed by atoms with Gasteiger partial charge in [0.25, 0.3) is 0 Å². The Kier molecular flexibility index (Phi) is 5.26. The third-order valence-electron chi connectivity index (χ3n) is 4.48. The second-order valence-corrected chi connectivity index (χ2v) is 5.71. The molecule has 0 amide bonds. The smallest absolute Gasteiger partial charge is 0.0572 e. The standard InChI is InChI=1S/C14H28N2O/c1-15-11-7-13(8-12-15)16-9-3-5-14(17-2)6-4-10-16/h13-14H,3-12H2,1-2H3. The van der Waals surface area contributed by atoms with Gasteiger partial charge in [-0.2, -0.15) is 0 Å². The molecule has 2 aliphatic rings. The minimum atomic E-state index is 0.523. The van der Waals surface area contributed by atoms with Crippen molar-refractivity contribution in [3.8, 4) is 0 Å². The molecule has 0 unspecified atom stereocenters. The lowest BCUT2D eigenvalue weighted by Gasteiger charge is -2.38. The molecule has 100 valence electrons. The van der Waals surface area contributed by atoms with Gasteiger partial charge in [0.1, 0.15) is 0 Å². The van der Waals surface area contributed by atoms with Crippen molar-refractivity contribution in [2.24, 2.45) is 0 Å². The number of likely N-dealkylation sites (tertiary alicyclic amines) is 2. The number of ether oxygens (including phenoxy) is 1. The van der Waals surface area contributed by atoms with Gasteiger partial charge in [-0.25, -0.2) is 0 Å². The Bertz CT molecular complexity index is 204. The molecule has 3 heteroatoms. The van der Waals surface area contributed by atoms with Crippen LogP contribution in [0.25, 0.3) is 0 Å². The third kappa shape index (κ3) is 3.94. The highest BCUT2D eigenvalue weighted by atomic mass is 16.5. The van der Waals surface area contributed by atoms with E-state index in [-0.39, 0.29) is 0 Å². The highest BCUT2D eigenvalue weighted by Gasteiger charge is 2.24. The Balaban J connectivity index is 1.77. The fourth-order valence-corrected chi connectivity index (χ4v) is 3.26. The van der Waals surface area contributed by atoms with Crippen molar-refractivity contribution in [2.75, 3.05) is 40.3 Å². The minimum absolute atomic E-state index is 0.523. The minimum Gasteiger partial charge on any atom is -0.381 e. The summed E-state index contributed by atoms with van der Waals surface area (Å²) in [6.07, 6.45) is 8.37. The summed E-state index contributed by atoms with van der Waals surface area (Å²) in [7, 11) is 4.11. The van der Waals surface area contributed by atoms with Gasteiger partial charge in [0, 0.05) is 13.2 Å². The Morgan fingerprint density at radius 3 is 2.00 bits per heavy atom. The number of nitrogens with zero attached hydrogens (tertiary/aromatic N) is 2. The van der Waals surface area contributed by atoms with Gasteiger partial charge in [0.15, 0.2) is 0 Å². The maximum absolute atomic E-state index is 5.50. The molecule has 2 saturated heterocycles. The van der Waals surface area contributed by atoms with Crippen molar-refractivity contribution in [2.45, 2.75) is 50.7 Å². The zero-order valence-electron chi connectivity index (χ0n) is 11.5. The Morgan fingerprint density at radius 1 is 0.882 bits per heavy atom. The lowest BCUT2D eigenvalue weighted by molar-refractivity contribution is 0.0529. The van der Waals surface area contributed by atoms with Crippen LogP contribution in [0, 0.1) is 0 Å². The number of piperidine rings is 1. The molecule has 0 N–H and O–H groups in total. The van der Waals surface area contributed by atoms with Gasteiger partial charge in [-0.1, -0.05) is 0 Å². The molecule has 0 saturated carbocycles. The van der Waals surface area contributed by atoms with Crippen molar-refractivity contribution in [1.29, 1.82) is 0 Å². The monoisotopic (exact) mass is 240 g/mol. The second-order valence-electron chi connectivity index (χ2n) is 5.71. The first kappa shape index (κ1) is 13.3. The van der Waals surface area contributed by atoms with Gasteiger partial charge in [-0.05, 0) is 71.8 Å². The van der Waals surface area contributed by atoms with E-state index in [0.29, 0.717) is 6.10 Å². The molecule has 2 rings (SSSR count). The first-order valence-electron chi connectivity index (χ1n) is 7.25. The summed E-state index contributed by atoms with van der Waals surface area (Å²) in [4.78, 5) is 5.21. The molecule has 0 radical (unpaired) electrons. The number of hydrogen-bond acceptors (Lipinski definition) is 3. The average Bonchev–Trinajstić information content (AvgIpc) is 2.31. The molecule has 2 aliphatic heterocycles. The highest BCUT2D eigenvalue weighted by Crippen LogP contribution is 2.20. The second kappa shape index (κ2) is 6.72. The normalized spacial score (nSPS) is 27.9. The van der Waals surface area contributed by atoms with E-state index in [4.69, 9.17) is 4.74 Å². The first-order valence-corrected chi connectivity index (χ1v) is 7.25. The van der Waals surface area contributed by atoms with Crippen molar-refractivity contribution < 1.29 is 4.74 Å². The van der Waals surface area contributed by atoms with Crippen molar-refractivity contribution in [3.05, 3.63) is 0 Å². The van der Waals surface area contributed by atoms with Gasteiger partial charge in [-0.3, -0.25) is 0 Å².